The van der Waals surface area contributed by atoms with E-state index < -0.39 is 17.1 Å². The minimum absolute atomic E-state index is 0.0580. The second-order valence-corrected chi connectivity index (χ2v) is 11.0. The maximum atomic E-state index is 12.9. The van der Waals surface area contributed by atoms with Crippen molar-refractivity contribution in [1.29, 1.82) is 0 Å². The Balaban J connectivity index is 1.42. The zero-order chi connectivity index (χ0) is 23.4. The Hall–Kier alpha value is -1.61. The first-order valence-corrected chi connectivity index (χ1v) is 12.9. The molecular formula is C23H37N3O5S. The van der Waals surface area contributed by atoms with E-state index in [1.807, 2.05) is 4.90 Å². The van der Waals surface area contributed by atoms with Crippen LogP contribution in [0.15, 0.2) is 0 Å². The van der Waals surface area contributed by atoms with Crippen LogP contribution < -0.4 is 0 Å². The lowest BCUT2D eigenvalue weighted by Gasteiger charge is -2.39. The SMILES string of the molecule is CC(CSC1CC(=O)N(CC2CCC(C(=O)N3CCN(C(C)C)CC3)CC2)C1=O)C(=O)O. The maximum absolute atomic E-state index is 12.9. The van der Waals surface area contributed by atoms with E-state index in [0.717, 1.165) is 51.9 Å². The molecule has 0 aromatic rings. The molecule has 2 heterocycles. The van der Waals surface area contributed by atoms with Gasteiger partial charge in [0, 0.05) is 56.9 Å². The molecule has 2 saturated heterocycles. The highest BCUT2D eigenvalue weighted by molar-refractivity contribution is 8.00. The summed E-state index contributed by atoms with van der Waals surface area (Å²) >= 11 is 1.27. The molecule has 1 saturated carbocycles. The normalized spacial score (nSPS) is 28.4. The van der Waals surface area contributed by atoms with Gasteiger partial charge in [-0.25, -0.2) is 0 Å². The fourth-order valence-electron chi connectivity index (χ4n) is 4.87. The van der Waals surface area contributed by atoms with Gasteiger partial charge in [-0.3, -0.25) is 29.0 Å². The molecule has 32 heavy (non-hydrogen) atoms. The lowest BCUT2D eigenvalue weighted by atomic mass is 9.81. The van der Waals surface area contributed by atoms with Crippen LogP contribution in [0.25, 0.3) is 0 Å². The molecular weight excluding hydrogens is 430 g/mol. The summed E-state index contributed by atoms with van der Waals surface area (Å²) in [6, 6.07) is 0.511. The number of aliphatic carboxylic acids is 1. The highest BCUT2D eigenvalue weighted by Crippen LogP contribution is 2.33. The van der Waals surface area contributed by atoms with E-state index in [0.29, 0.717) is 18.3 Å². The van der Waals surface area contributed by atoms with Gasteiger partial charge in [0.25, 0.3) is 0 Å². The van der Waals surface area contributed by atoms with Crippen molar-refractivity contribution in [3.63, 3.8) is 0 Å². The molecule has 0 aromatic heterocycles. The molecule has 2 atom stereocenters. The molecule has 180 valence electrons. The molecule has 8 nitrogen and oxygen atoms in total. The topological polar surface area (TPSA) is 98.2 Å². The van der Waals surface area contributed by atoms with Crippen molar-refractivity contribution in [2.24, 2.45) is 17.8 Å². The van der Waals surface area contributed by atoms with Gasteiger partial charge in [0.05, 0.1) is 11.2 Å². The Morgan fingerprint density at radius 1 is 1.03 bits per heavy atom. The minimum atomic E-state index is -0.890. The Morgan fingerprint density at radius 3 is 2.22 bits per heavy atom. The van der Waals surface area contributed by atoms with Crippen molar-refractivity contribution in [3.05, 3.63) is 0 Å². The van der Waals surface area contributed by atoms with Gasteiger partial charge in [-0.2, -0.15) is 0 Å². The fraction of sp³-hybridized carbons (Fsp3) is 0.826. The molecule has 3 rings (SSSR count). The van der Waals surface area contributed by atoms with E-state index >= 15 is 0 Å². The molecule has 3 aliphatic rings. The second kappa shape index (κ2) is 11.0. The Labute approximate surface area is 195 Å². The number of carbonyl (C=O) groups is 4. The highest BCUT2D eigenvalue weighted by Gasteiger charge is 2.41. The van der Waals surface area contributed by atoms with E-state index in [1.54, 1.807) is 6.92 Å². The number of nitrogens with zero attached hydrogens (tertiary/aromatic N) is 3. The number of imide groups is 1. The molecule has 0 bridgehead atoms. The summed E-state index contributed by atoms with van der Waals surface area (Å²) in [5.41, 5.74) is 0. The quantitative estimate of drug-likeness (QED) is 0.545. The highest BCUT2D eigenvalue weighted by atomic mass is 32.2. The molecule has 3 amide bonds. The van der Waals surface area contributed by atoms with E-state index in [-0.39, 0.29) is 36.0 Å². The number of piperazine rings is 1. The number of carbonyl (C=O) groups excluding carboxylic acids is 3. The van der Waals surface area contributed by atoms with Crippen molar-refractivity contribution < 1.29 is 24.3 Å². The number of thioether (sulfide) groups is 1. The predicted molar refractivity (Wildman–Crippen MR) is 123 cm³/mol. The van der Waals surface area contributed by atoms with E-state index in [9.17, 15) is 19.2 Å². The van der Waals surface area contributed by atoms with Crippen molar-refractivity contribution in [2.45, 2.75) is 64.2 Å². The summed E-state index contributed by atoms with van der Waals surface area (Å²) < 4.78 is 0. The number of carboxylic acids is 1. The smallest absolute Gasteiger partial charge is 0.307 e. The average Bonchev–Trinajstić information content (AvgIpc) is 3.05. The van der Waals surface area contributed by atoms with Gasteiger partial charge in [-0.05, 0) is 45.4 Å². The Bertz CT molecular complexity index is 714. The van der Waals surface area contributed by atoms with Crippen LogP contribution in [0, 0.1) is 17.8 Å². The van der Waals surface area contributed by atoms with Crippen molar-refractivity contribution in [1.82, 2.24) is 14.7 Å². The third-order valence-corrected chi connectivity index (χ3v) is 8.63. The van der Waals surface area contributed by atoms with Gasteiger partial charge in [-0.1, -0.05) is 6.92 Å². The van der Waals surface area contributed by atoms with E-state index in [1.165, 1.54) is 16.7 Å². The van der Waals surface area contributed by atoms with Crippen LogP contribution >= 0.6 is 11.8 Å². The molecule has 1 aliphatic carbocycles. The Kier molecular flexibility index (Phi) is 8.61. The van der Waals surface area contributed by atoms with Gasteiger partial charge >= 0.3 is 5.97 Å². The summed E-state index contributed by atoms with van der Waals surface area (Å²) in [5.74, 6) is -0.878. The summed E-state index contributed by atoms with van der Waals surface area (Å²) in [5, 5.41) is 8.55. The van der Waals surface area contributed by atoms with Crippen molar-refractivity contribution >= 4 is 35.5 Å². The molecule has 3 fully saturated rings. The number of rotatable bonds is 8. The molecule has 0 spiro atoms. The third-order valence-electron chi connectivity index (χ3n) is 7.16. The van der Waals surface area contributed by atoms with Crippen LogP contribution in [0.3, 0.4) is 0 Å². The molecule has 0 aromatic carbocycles. The largest absolute Gasteiger partial charge is 0.481 e. The van der Waals surface area contributed by atoms with Crippen LogP contribution in [0.5, 0.6) is 0 Å². The van der Waals surface area contributed by atoms with Crippen LogP contribution in [0.4, 0.5) is 0 Å². The number of carboxylic acid groups (broad SMARTS) is 1. The summed E-state index contributed by atoms with van der Waals surface area (Å²) in [6.07, 6.45) is 3.50. The lowest BCUT2D eigenvalue weighted by molar-refractivity contribution is -0.142. The molecule has 2 unspecified atom stereocenters. The van der Waals surface area contributed by atoms with E-state index in [2.05, 4.69) is 18.7 Å². The summed E-state index contributed by atoms with van der Waals surface area (Å²) in [6.45, 7) is 9.87. The van der Waals surface area contributed by atoms with Gasteiger partial charge in [0.2, 0.25) is 17.7 Å². The molecule has 0 radical (unpaired) electrons. The first-order chi connectivity index (χ1) is 15.2. The van der Waals surface area contributed by atoms with E-state index in [4.69, 9.17) is 5.11 Å². The minimum Gasteiger partial charge on any atom is -0.481 e. The maximum Gasteiger partial charge on any atom is 0.307 e. The van der Waals surface area contributed by atoms with Gasteiger partial charge in [-0.15, -0.1) is 11.8 Å². The van der Waals surface area contributed by atoms with Crippen LogP contribution in [0.1, 0.15) is 52.9 Å². The average molecular weight is 468 g/mol. The van der Waals surface area contributed by atoms with Crippen LogP contribution in [0.2, 0.25) is 0 Å². The molecule has 9 heteroatoms. The number of hydrogen-bond acceptors (Lipinski definition) is 6. The standard InChI is InChI=1S/C23H37N3O5S/c1-15(2)24-8-10-25(11-9-24)21(28)18-6-4-17(5-7-18)13-26-20(27)12-19(22(26)29)32-14-16(3)23(30)31/h15-19H,4-14H2,1-3H3,(H,30,31). The van der Waals surface area contributed by atoms with Crippen LogP contribution in [-0.4, -0.2) is 93.3 Å². The van der Waals surface area contributed by atoms with Crippen molar-refractivity contribution in [2.75, 3.05) is 38.5 Å². The summed E-state index contributed by atoms with van der Waals surface area (Å²) in [7, 11) is 0. The fourth-order valence-corrected chi connectivity index (χ4v) is 6.07. The number of likely N-dealkylation sites (tertiary alicyclic amines) is 1. The van der Waals surface area contributed by atoms with Gasteiger partial charge < -0.3 is 10.0 Å². The first kappa shape index (κ1) is 25.0. The van der Waals surface area contributed by atoms with Crippen molar-refractivity contribution in [3.8, 4) is 0 Å². The predicted octanol–water partition coefficient (Wildman–Crippen LogP) is 1.93. The summed E-state index contributed by atoms with van der Waals surface area (Å²) in [4.78, 5) is 54.8. The van der Waals surface area contributed by atoms with Gasteiger partial charge in [0.15, 0.2) is 0 Å². The molecule has 2 aliphatic heterocycles. The van der Waals surface area contributed by atoms with Gasteiger partial charge in [0.1, 0.15) is 0 Å². The zero-order valence-electron chi connectivity index (χ0n) is 19.5. The Morgan fingerprint density at radius 2 is 1.66 bits per heavy atom. The van der Waals surface area contributed by atoms with Crippen LogP contribution in [-0.2, 0) is 19.2 Å². The monoisotopic (exact) mass is 467 g/mol. The zero-order valence-corrected chi connectivity index (χ0v) is 20.3. The molecule has 1 N–H and O–H groups in total. The lowest BCUT2D eigenvalue weighted by Crippen LogP contribution is -2.52. The number of amides is 3. The second-order valence-electron chi connectivity index (χ2n) is 9.78. The third kappa shape index (κ3) is 6.04. The first-order valence-electron chi connectivity index (χ1n) is 11.9. The number of hydrogen-bond donors (Lipinski definition) is 1.